The minimum Gasteiger partial charge on any atom is -0.251 e. The molecule has 3 heteroatoms. The summed E-state index contributed by atoms with van der Waals surface area (Å²) in [5.41, 5.74) is 8.80. The van der Waals surface area contributed by atoms with Crippen molar-refractivity contribution in [1.29, 1.82) is 0 Å². The van der Waals surface area contributed by atoms with Crippen LogP contribution in [0.4, 0.5) is 5.69 Å². The molecule has 156 valence electrons. The van der Waals surface area contributed by atoms with Crippen LogP contribution >= 0.6 is 23.4 Å². The van der Waals surface area contributed by atoms with Gasteiger partial charge in [0.05, 0.1) is 11.4 Å². The van der Waals surface area contributed by atoms with Crippen LogP contribution in [0, 0.1) is 12.8 Å². The average Bonchev–Trinajstić information content (AvgIpc) is 3.04. The molecule has 0 fully saturated rings. The van der Waals surface area contributed by atoms with Crippen molar-refractivity contribution in [3.8, 4) is 0 Å². The summed E-state index contributed by atoms with van der Waals surface area (Å²) in [6, 6.07) is 34.8. The molecule has 0 bridgehead atoms. The van der Waals surface area contributed by atoms with Crippen LogP contribution < -0.4 is 0 Å². The highest BCUT2D eigenvalue weighted by molar-refractivity contribution is 7.99. The molecule has 0 N–H and O–H groups in total. The standard InChI is InChI=1S/C29H22ClNS/c1-18-11-13-20(14-12-18)29-27-26(19-7-3-2-4-8-19)22-9-5-6-10-23(22)28(27)31-24-16-15-21(30)17-25(24)32-29/h2-17,26-27,29H,1H3. The fraction of sp³-hybridized carbons (Fsp3) is 0.138. The van der Waals surface area contributed by atoms with Crippen molar-refractivity contribution >= 4 is 34.8 Å². The summed E-state index contributed by atoms with van der Waals surface area (Å²) < 4.78 is 0. The zero-order valence-corrected chi connectivity index (χ0v) is 19.3. The smallest absolute Gasteiger partial charge is 0.0770 e. The maximum Gasteiger partial charge on any atom is 0.0770 e. The topological polar surface area (TPSA) is 12.4 Å². The quantitative estimate of drug-likeness (QED) is 0.298. The van der Waals surface area contributed by atoms with Gasteiger partial charge in [-0.15, -0.1) is 11.8 Å². The van der Waals surface area contributed by atoms with E-state index in [-0.39, 0.29) is 17.1 Å². The predicted octanol–water partition coefficient (Wildman–Crippen LogP) is 8.38. The Morgan fingerprint density at radius 1 is 0.781 bits per heavy atom. The molecule has 6 rings (SSSR count). The van der Waals surface area contributed by atoms with Crippen LogP contribution in [-0.2, 0) is 0 Å². The molecule has 3 unspecified atom stereocenters. The minimum absolute atomic E-state index is 0.228. The van der Waals surface area contributed by atoms with Crippen molar-refractivity contribution in [1.82, 2.24) is 0 Å². The zero-order chi connectivity index (χ0) is 21.7. The number of nitrogens with zero attached hydrogens (tertiary/aromatic N) is 1. The van der Waals surface area contributed by atoms with E-state index in [1.54, 1.807) is 0 Å². The molecular weight excluding hydrogens is 430 g/mol. The Morgan fingerprint density at radius 2 is 1.53 bits per heavy atom. The van der Waals surface area contributed by atoms with E-state index in [1.807, 2.05) is 17.8 Å². The first-order chi connectivity index (χ1) is 15.7. The third-order valence-electron chi connectivity index (χ3n) is 6.55. The Morgan fingerprint density at radius 3 is 2.34 bits per heavy atom. The van der Waals surface area contributed by atoms with Gasteiger partial charge in [-0.1, -0.05) is 96.0 Å². The van der Waals surface area contributed by atoms with E-state index in [0.717, 1.165) is 15.6 Å². The molecule has 0 aromatic heterocycles. The third-order valence-corrected chi connectivity index (χ3v) is 8.19. The number of benzene rings is 4. The van der Waals surface area contributed by atoms with Crippen molar-refractivity contribution in [3.63, 3.8) is 0 Å². The Hall–Kier alpha value is -2.81. The summed E-state index contributed by atoms with van der Waals surface area (Å²) >= 11 is 8.31. The van der Waals surface area contributed by atoms with Gasteiger partial charge in [-0.25, -0.2) is 0 Å². The third kappa shape index (κ3) is 3.30. The van der Waals surface area contributed by atoms with Gasteiger partial charge in [-0.05, 0) is 41.8 Å². The first-order valence-electron chi connectivity index (χ1n) is 10.9. The van der Waals surface area contributed by atoms with E-state index in [0.29, 0.717) is 0 Å². The van der Waals surface area contributed by atoms with Gasteiger partial charge in [-0.3, -0.25) is 4.99 Å². The molecule has 2 aliphatic rings. The van der Waals surface area contributed by atoms with Crippen molar-refractivity contribution in [2.24, 2.45) is 10.9 Å². The lowest BCUT2D eigenvalue weighted by Gasteiger charge is -2.29. The number of halogens is 1. The highest BCUT2D eigenvalue weighted by Gasteiger charge is 2.45. The molecule has 1 nitrogen and oxygen atoms in total. The van der Waals surface area contributed by atoms with Gasteiger partial charge in [0.1, 0.15) is 0 Å². The molecule has 0 radical (unpaired) electrons. The number of hydrogen-bond donors (Lipinski definition) is 0. The lowest BCUT2D eigenvalue weighted by Crippen LogP contribution is -2.21. The molecule has 0 saturated heterocycles. The van der Waals surface area contributed by atoms with Crippen LogP contribution in [0.1, 0.15) is 39.0 Å². The zero-order valence-electron chi connectivity index (χ0n) is 17.7. The van der Waals surface area contributed by atoms with Crippen molar-refractivity contribution in [2.75, 3.05) is 0 Å². The Kier molecular flexibility index (Phi) is 4.93. The summed E-state index contributed by atoms with van der Waals surface area (Å²) in [5.74, 6) is 0.489. The Bertz CT molecular complexity index is 1330. The summed E-state index contributed by atoms with van der Waals surface area (Å²) in [6.45, 7) is 2.14. The van der Waals surface area contributed by atoms with Crippen molar-refractivity contribution in [2.45, 2.75) is 23.0 Å². The molecule has 0 amide bonds. The maximum atomic E-state index is 6.41. The van der Waals surface area contributed by atoms with Crippen LogP contribution in [0.5, 0.6) is 0 Å². The molecule has 32 heavy (non-hydrogen) atoms. The SMILES string of the molecule is Cc1ccc(C2Sc3cc(Cl)ccc3N=C3c4ccccc4C(c4ccccc4)C32)cc1. The lowest BCUT2D eigenvalue weighted by atomic mass is 9.81. The molecular formula is C29H22ClNS. The molecule has 0 spiro atoms. The van der Waals surface area contributed by atoms with Crippen LogP contribution in [0.15, 0.2) is 107 Å². The maximum absolute atomic E-state index is 6.41. The second kappa shape index (κ2) is 7.95. The monoisotopic (exact) mass is 451 g/mol. The van der Waals surface area contributed by atoms with E-state index in [1.165, 1.54) is 33.5 Å². The lowest BCUT2D eigenvalue weighted by molar-refractivity contribution is 0.612. The largest absolute Gasteiger partial charge is 0.251 e. The van der Waals surface area contributed by atoms with Crippen LogP contribution in [-0.4, -0.2) is 5.71 Å². The van der Waals surface area contributed by atoms with E-state index < -0.39 is 0 Å². The molecule has 1 aliphatic carbocycles. The highest BCUT2D eigenvalue weighted by atomic mass is 35.5. The Labute approximate surface area is 198 Å². The minimum atomic E-state index is 0.228. The number of aliphatic imine (C=N–C) groups is 1. The van der Waals surface area contributed by atoms with E-state index in [4.69, 9.17) is 16.6 Å². The van der Waals surface area contributed by atoms with Crippen LogP contribution in [0.2, 0.25) is 5.02 Å². The van der Waals surface area contributed by atoms with Gasteiger partial charge in [0.15, 0.2) is 0 Å². The van der Waals surface area contributed by atoms with Gasteiger partial charge in [0.2, 0.25) is 0 Å². The fourth-order valence-corrected chi connectivity index (χ4v) is 6.74. The normalized spacial score (nSPS) is 21.2. The summed E-state index contributed by atoms with van der Waals surface area (Å²) in [4.78, 5) is 6.44. The van der Waals surface area contributed by atoms with Crippen LogP contribution in [0.3, 0.4) is 0 Å². The van der Waals surface area contributed by atoms with Gasteiger partial charge < -0.3 is 0 Å². The van der Waals surface area contributed by atoms with Gasteiger partial charge in [0.25, 0.3) is 0 Å². The van der Waals surface area contributed by atoms with E-state index in [9.17, 15) is 0 Å². The average molecular weight is 452 g/mol. The fourth-order valence-electron chi connectivity index (χ4n) is 5.08. The first kappa shape index (κ1) is 19.8. The molecule has 4 aromatic carbocycles. The van der Waals surface area contributed by atoms with Crippen molar-refractivity contribution < 1.29 is 0 Å². The van der Waals surface area contributed by atoms with Gasteiger partial charge in [-0.2, -0.15) is 0 Å². The van der Waals surface area contributed by atoms with Gasteiger partial charge in [0, 0.05) is 32.6 Å². The molecule has 3 atom stereocenters. The Balaban J connectivity index is 1.62. The number of rotatable bonds is 2. The molecule has 4 aromatic rings. The second-order valence-electron chi connectivity index (χ2n) is 8.56. The second-order valence-corrected chi connectivity index (χ2v) is 10.2. The number of aryl methyl sites for hydroxylation is 1. The predicted molar refractivity (Wildman–Crippen MR) is 136 cm³/mol. The highest BCUT2D eigenvalue weighted by Crippen LogP contribution is 2.57. The van der Waals surface area contributed by atoms with Crippen LogP contribution in [0.25, 0.3) is 0 Å². The molecule has 1 aliphatic heterocycles. The number of fused-ring (bicyclic) bond motifs is 4. The number of hydrogen-bond acceptors (Lipinski definition) is 2. The summed E-state index contributed by atoms with van der Waals surface area (Å²) in [5, 5.41) is 0.984. The first-order valence-corrected chi connectivity index (χ1v) is 12.2. The van der Waals surface area contributed by atoms with E-state index >= 15 is 0 Å². The summed E-state index contributed by atoms with van der Waals surface area (Å²) in [7, 11) is 0. The molecule has 1 heterocycles. The van der Waals surface area contributed by atoms with E-state index in [2.05, 4.69) is 97.9 Å². The molecule has 0 saturated carbocycles. The summed E-state index contributed by atoms with van der Waals surface area (Å²) in [6.07, 6.45) is 0. The number of thioether (sulfide) groups is 1. The van der Waals surface area contributed by atoms with Gasteiger partial charge >= 0.3 is 0 Å². The van der Waals surface area contributed by atoms with Crippen molar-refractivity contribution in [3.05, 3.63) is 130 Å².